The van der Waals surface area contributed by atoms with E-state index in [4.69, 9.17) is 0 Å². The third-order valence-corrected chi connectivity index (χ3v) is 5.28. The van der Waals surface area contributed by atoms with Crippen molar-refractivity contribution in [2.45, 2.75) is 37.5 Å². The van der Waals surface area contributed by atoms with Gasteiger partial charge in [0.2, 0.25) is 0 Å². The Balaban J connectivity index is 2.18. The van der Waals surface area contributed by atoms with Crippen LogP contribution in [-0.4, -0.2) is 11.2 Å². The van der Waals surface area contributed by atoms with Gasteiger partial charge in [0.05, 0.1) is 0 Å². The Kier molecular flexibility index (Phi) is 4.03. The minimum Gasteiger partial charge on any atom is -0.264 e. The third kappa shape index (κ3) is 2.84. The van der Waals surface area contributed by atoms with Crippen LogP contribution in [0.2, 0.25) is 0 Å². The van der Waals surface area contributed by atoms with Gasteiger partial charge in [-0.25, -0.2) is 4.39 Å². The lowest BCUT2D eigenvalue weighted by Gasteiger charge is -2.19. The van der Waals surface area contributed by atoms with Crippen molar-refractivity contribution in [1.82, 2.24) is 4.98 Å². The number of halogens is 1. The van der Waals surface area contributed by atoms with Gasteiger partial charge in [-0.2, -0.15) is 0 Å². The van der Waals surface area contributed by atoms with Crippen LogP contribution in [0.25, 0.3) is 11.1 Å². The molecule has 0 saturated heterocycles. The largest absolute Gasteiger partial charge is 0.264 e. The molecular weight excluding hydrogens is 281 g/mol. The molecule has 3 heteroatoms. The molecule has 1 heterocycles. The lowest BCUT2D eigenvalue weighted by Crippen LogP contribution is -2.01. The predicted octanol–water partition coefficient (Wildman–Crippen LogP) is 5.43. The molecule has 1 saturated carbocycles. The quantitative estimate of drug-likeness (QED) is 0.698. The fraction of sp³-hybridized carbons (Fsp3) is 0.389. The normalized spacial score (nSPS) is 16.0. The Labute approximate surface area is 130 Å². The zero-order chi connectivity index (χ0) is 15.0. The van der Waals surface area contributed by atoms with Gasteiger partial charge < -0.3 is 0 Å². The molecule has 1 atom stereocenters. The third-order valence-electron chi connectivity index (χ3n) is 4.42. The topological polar surface area (TPSA) is 12.9 Å². The molecule has 0 radical (unpaired) electrons. The maximum atomic E-state index is 14.2. The van der Waals surface area contributed by atoms with Crippen LogP contribution < -0.4 is 0 Å². The standard InChI is InChI=1S/C18H20FNS/c1-11-10-20-7-6-15(11)17-9-14(19)8-16(18(17)21-3)12(2)13-4-5-13/h6-10,12-13H,4-5H2,1-3H3. The molecule has 1 nitrogen and oxygen atoms in total. The number of aryl methyl sites for hydroxylation is 1. The molecule has 1 unspecified atom stereocenters. The van der Waals surface area contributed by atoms with Crippen LogP contribution in [0.15, 0.2) is 35.5 Å². The van der Waals surface area contributed by atoms with Crippen molar-refractivity contribution in [2.75, 3.05) is 6.26 Å². The van der Waals surface area contributed by atoms with Gasteiger partial charge in [-0.15, -0.1) is 11.8 Å². The van der Waals surface area contributed by atoms with E-state index in [9.17, 15) is 4.39 Å². The number of thioether (sulfide) groups is 1. The maximum absolute atomic E-state index is 14.2. The second-order valence-corrected chi connectivity index (χ2v) is 6.71. The Morgan fingerprint density at radius 2 is 2.05 bits per heavy atom. The summed E-state index contributed by atoms with van der Waals surface area (Å²) >= 11 is 1.72. The van der Waals surface area contributed by atoms with Gasteiger partial charge >= 0.3 is 0 Å². The molecule has 2 aromatic rings. The molecule has 0 N–H and O–H groups in total. The van der Waals surface area contributed by atoms with E-state index in [-0.39, 0.29) is 5.82 Å². The highest BCUT2D eigenvalue weighted by Crippen LogP contribution is 2.47. The van der Waals surface area contributed by atoms with E-state index < -0.39 is 0 Å². The lowest BCUT2D eigenvalue weighted by molar-refractivity contribution is 0.606. The van der Waals surface area contributed by atoms with Crippen molar-refractivity contribution in [3.8, 4) is 11.1 Å². The first kappa shape index (κ1) is 14.6. The van der Waals surface area contributed by atoms with E-state index in [1.54, 1.807) is 30.1 Å². The molecule has 1 fully saturated rings. The first-order valence-electron chi connectivity index (χ1n) is 7.40. The van der Waals surface area contributed by atoms with Crippen LogP contribution in [0.4, 0.5) is 4.39 Å². The summed E-state index contributed by atoms with van der Waals surface area (Å²) in [5.74, 6) is 1.02. The van der Waals surface area contributed by atoms with Crippen LogP contribution in [0.1, 0.15) is 36.8 Å². The molecular formula is C18H20FNS. The van der Waals surface area contributed by atoms with Gasteiger partial charge in [0.15, 0.2) is 0 Å². The SMILES string of the molecule is CSc1c(-c2ccncc2C)cc(F)cc1C(C)C1CC1. The number of hydrogen-bond donors (Lipinski definition) is 0. The van der Waals surface area contributed by atoms with E-state index in [1.165, 1.54) is 17.7 Å². The fourth-order valence-corrected chi connectivity index (χ4v) is 3.88. The number of pyridine rings is 1. The van der Waals surface area contributed by atoms with Crippen molar-refractivity contribution >= 4 is 11.8 Å². The molecule has 1 aromatic heterocycles. The van der Waals surface area contributed by atoms with Crippen LogP contribution in [0.3, 0.4) is 0 Å². The fourth-order valence-electron chi connectivity index (χ4n) is 3.01. The van der Waals surface area contributed by atoms with Gasteiger partial charge in [-0.1, -0.05) is 6.92 Å². The van der Waals surface area contributed by atoms with E-state index in [0.717, 1.165) is 28.2 Å². The van der Waals surface area contributed by atoms with Gasteiger partial charge in [0, 0.05) is 17.3 Å². The van der Waals surface area contributed by atoms with Crippen LogP contribution in [0.5, 0.6) is 0 Å². The van der Waals surface area contributed by atoms with Crippen molar-refractivity contribution in [1.29, 1.82) is 0 Å². The molecule has 0 aliphatic heterocycles. The molecule has 3 rings (SSSR count). The Bertz CT molecular complexity index is 664. The highest BCUT2D eigenvalue weighted by molar-refractivity contribution is 7.98. The molecule has 110 valence electrons. The number of hydrogen-bond acceptors (Lipinski definition) is 2. The summed E-state index contributed by atoms with van der Waals surface area (Å²) in [7, 11) is 0. The van der Waals surface area contributed by atoms with Crippen molar-refractivity contribution in [3.05, 3.63) is 47.5 Å². The van der Waals surface area contributed by atoms with Gasteiger partial charge in [0.25, 0.3) is 0 Å². The van der Waals surface area contributed by atoms with E-state index in [1.807, 2.05) is 19.2 Å². The highest BCUT2D eigenvalue weighted by atomic mass is 32.2. The van der Waals surface area contributed by atoms with E-state index >= 15 is 0 Å². The molecule has 21 heavy (non-hydrogen) atoms. The van der Waals surface area contributed by atoms with Crippen LogP contribution >= 0.6 is 11.8 Å². The molecule has 1 aliphatic rings. The Hall–Kier alpha value is -1.35. The monoisotopic (exact) mass is 301 g/mol. The minimum atomic E-state index is -0.137. The van der Waals surface area contributed by atoms with Crippen molar-refractivity contribution in [3.63, 3.8) is 0 Å². The zero-order valence-electron chi connectivity index (χ0n) is 12.7. The summed E-state index contributed by atoms with van der Waals surface area (Å²) in [6, 6.07) is 5.38. The Morgan fingerprint density at radius 3 is 2.67 bits per heavy atom. The summed E-state index contributed by atoms with van der Waals surface area (Å²) in [4.78, 5) is 5.36. The smallest absolute Gasteiger partial charge is 0.124 e. The van der Waals surface area contributed by atoms with Gasteiger partial charge in [-0.05, 0) is 78.3 Å². The molecule has 0 bridgehead atoms. The molecule has 1 aromatic carbocycles. The number of aromatic nitrogens is 1. The number of rotatable bonds is 4. The molecule has 0 amide bonds. The summed E-state index contributed by atoms with van der Waals surface area (Å²) in [5.41, 5.74) is 4.34. The van der Waals surface area contributed by atoms with Crippen molar-refractivity contribution in [2.24, 2.45) is 5.92 Å². The highest BCUT2D eigenvalue weighted by Gasteiger charge is 2.31. The second kappa shape index (κ2) is 5.80. The Morgan fingerprint density at radius 1 is 1.29 bits per heavy atom. The van der Waals surface area contributed by atoms with Gasteiger partial charge in [0.1, 0.15) is 5.82 Å². The van der Waals surface area contributed by atoms with E-state index in [0.29, 0.717) is 5.92 Å². The van der Waals surface area contributed by atoms with Gasteiger partial charge in [-0.3, -0.25) is 4.98 Å². The predicted molar refractivity (Wildman–Crippen MR) is 87.3 cm³/mol. The first-order valence-corrected chi connectivity index (χ1v) is 8.62. The number of benzene rings is 1. The van der Waals surface area contributed by atoms with Crippen LogP contribution in [-0.2, 0) is 0 Å². The van der Waals surface area contributed by atoms with Crippen molar-refractivity contribution < 1.29 is 4.39 Å². The van der Waals surface area contributed by atoms with Crippen LogP contribution in [0, 0.1) is 18.7 Å². The molecule has 0 spiro atoms. The average molecular weight is 301 g/mol. The summed E-state index contributed by atoms with van der Waals surface area (Å²) in [5, 5.41) is 0. The lowest BCUT2D eigenvalue weighted by atomic mass is 9.92. The number of nitrogens with zero attached hydrogens (tertiary/aromatic N) is 1. The average Bonchev–Trinajstić information content (AvgIpc) is 3.30. The minimum absolute atomic E-state index is 0.137. The molecule has 1 aliphatic carbocycles. The summed E-state index contributed by atoms with van der Waals surface area (Å²) in [6.45, 7) is 4.26. The second-order valence-electron chi connectivity index (χ2n) is 5.89. The van der Waals surface area contributed by atoms with E-state index in [2.05, 4.69) is 18.2 Å². The summed E-state index contributed by atoms with van der Waals surface area (Å²) in [6.07, 6.45) is 8.25. The summed E-state index contributed by atoms with van der Waals surface area (Å²) < 4.78 is 14.2. The first-order chi connectivity index (χ1) is 10.1. The zero-order valence-corrected chi connectivity index (χ0v) is 13.5. The maximum Gasteiger partial charge on any atom is 0.124 e.